The SMILES string of the molecule is N#CCCn1cc(C(=O)CSc2nnc(-c3ccccc3)c(-c3ccccc3)n2)c2ccccc21. The molecule has 0 N–H and O–H groups in total. The second-order valence-corrected chi connectivity index (χ2v) is 8.84. The number of para-hydroxylation sites is 1. The molecule has 170 valence electrons. The molecule has 0 saturated heterocycles. The van der Waals surface area contributed by atoms with Crippen LogP contribution in [0.15, 0.2) is 96.3 Å². The lowest BCUT2D eigenvalue weighted by Gasteiger charge is -2.09. The molecule has 0 unspecified atom stereocenters. The molecule has 7 heteroatoms. The Bertz CT molecular complexity index is 1520. The van der Waals surface area contributed by atoms with Crippen LogP contribution in [0.2, 0.25) is 0 Å². The van der Waals surface area contributed by atoms with Gasteiger partial charge >= 0.3 is 0 Å². The fraction of sp³-hybridized carbons (Fsp3) is 0.107. The summed E-state index contributed by atoms with van der Waals surface area (Å²) in [6.45, 7) is 0.547. The molecule has 0 aliphatic heterocycles. The van der Waals surface area contributed by atoms with Crippen LogP contribution in [0.4, 0.5) is 0 Å². The summed E-state index contributed by atoms with van der Waals surface area (Å²) in [6.07, 6.45) is 2.23. The van der Waals surface area contributed by atoms with Crippen molar-refractivity contribution in [3.63, 3.8) is 0 Å². The minimum Gasteiger partial charge on any atom is -0.346 e. The molecule has 35 heavy (non-hydrogen) atoms. The number of rotatable bonds is 8. The van der Waals surface area contributed by atoms with Gasteiger partial charge in [0.15, 0.2) is 5.78 Å². The smallest absolute Gasteiger partial charge is 0.210 e. The fourth-order valence-corrected chi connectivity index (χ4v) is 4.66. The van der Waals surface area contributed by atoms with E-state index in [1.807, 2.05) is 95.7 Å². The summed E-state index contributed by atoms with van der Waals surface area (Å²) in [6, 6.07) is 29.6. The zero-order valence-corrected chi connectivity index (χ0v) is 19.7. The number of carbonyl (C=O) groups excluding carboxylic acids is 1. The number of hydrogen-bond donors (Lipinski definition) is 0. The zero-order chi connectivity index (χ0) is 24.0. The Hall–Kier alpha value is -4.28. The Morgan fingerprint density at radius 1 is 0.857 bits per heavy atom. The summed E-state index contributed by atoms with van der Waals surface area (Å²) < 4.78 is 1.97. The lowest BCUT2D eigenvalue weighted by molar-refractivity contribution is 0.102. The Morgan fingerprint density at radius 2 is 1.51 bits per heavy atom. The molecule has 0 amide bonds. The van der Waals surface area contributed by atoms with Crippen LogP contribution in [0.3, 0.4) is 0 Å². The van der Waals surface area contributed by atoms with Crippen molar-refractivity contribution in [3.05, 3.63) is 96.7 Å². The number of aromatic nitrogens is 4. The number of nitrogens with zero attached hydrogens (tertiary/aromatic N) is 5. The quantitative estimate of drug-likeness (QED) is 0.201. The predicted octanol–water partition coefficient (Wildman–Crippen LogP) is 6.05. The molecule has 0 spiro atoms. The van der Waals surface area contributed by atoms with Crippen LogP contribution in [0, 0.1) is 11.3 Å². The van der Waals surface area contributed by atoms with Crippen molar-refractivity contribution in [2.24, 2.45) is 0 Å². The molecule has 0 radical (unpaired) electrons. The average Bonchev–Trinajstić information content (AvgIpc) is 3.30. The number of Topliss-reactive ketones (excluding diaryl/α,β-unsaturated/α-hetero) is 1. The summed E-state index contributed by atoms with van der Waals surface area (Å²) in [5.74, 6) is 0.172. The van der Waals surface area contributed by atoms with Crippen molar-refractivity contribution in [2.45, 2.75) is 18.1 Å². The maximum atomic E-state index is 13.2. The predicted molar refractivity (Wildman–Crippen MR) is 138 cm³/mol. The minimum absolute atomic E-state index is 0.0149. The van der Waals surface area contributed by atoms with Crippen LogP contribution in [0.5, 0.6) is 0 Å². The molecular weight excluding hydrogens is 454 g/mol. The van der Waals surface area contributed by atoms with E-state index in [1.54, 1.807) is 0 Å². The molecule has 6 nitrogen and oxygen atoms in total. The first kappa shape index (κ1) is 22.5. The molecule has 5 aromatic rings. The van der Waals surface area contributed by atoms with Crippen LogP contribution in [-0.4, -0.2) is 31.3 Å². The highest BCUT2D eigenvalue weighted by molar-refractivity contribution is 7.99. The van der Waals surface area contributed by atoms with Crippen LogP contribution < -0.4 is 0 Å². The van der Waals surface area contributed by atoms with E-state index in [9.17, 15) is 4.79 Å². The number of fused-ring (bicyclic) bond motifs is 1. The summed E-state index contributed by atoms with van der Waals surface area (Å²) in [5.41, 5.74) is 4.90. The number of ketones is 1. The van der Waals surface area contributed by atoms with Crippen molar-refractivity contribution < 1.29 is 4.79 Å². The van der Waals surface area contributed by atoms with Gasteiger partial charge in [0, 0.05) is 40.3 Å². The first-order chi connectivity index (χ1) is 17.2. The van der Waals surface area contributed by atoms with Gasteiger partial charge in [0.05, 0.1) is 18.2 Å². The highest BCUT2D eigenvalue weighted by atomic mass is 32.2. The third kappa shape index (κ3) is 4.84. The molecule has 0 atom stereocenters. The number of benzene rings is 3. The van der Waals surface area contributed by atoms with Gasteiger partial charge in [-0.25, -0.2) is 4.98 Å². The summed E-state index contributed by atoms with van der Waals surface area (Å²) in [4.78, 5) is 18.0. The monoisotopic (exact) mass is 475 g/mol. The third-order valence-electron chi connectivity index (χ3n) is 5.65. The van der Waals surface area contributed by atoms with Gasteiger partial charge < -0.3 is 4.57 Å². The van der Waals surface area contributed by atoms with Crippen molar-refractivity contribution in [1.82, 2.24) is 19.7 Å². The van der Waals surface area contributed by atoms with Gasteiger partial charge in [0.2, 0.25) is 5.16 Å². The van der Waals surface area contributed by atoms with Gasteiger partial charge in [-0.2, -0.15) is 5.26 Å². The van der Waals surface area contributed by atoms with Gasteiger partial charge in [-0.05, 0) is 6.07 Å². The van der Waals surface area contributed by atoms with E-state index in [4.69, 9.17) is 10.2 Å². The number of thioether (sulfide) groups is 1. The van der Waals surface area contributed by atoms with Gasteiger partial charge in [-0.15, -0.1) is 10.2 Å². The molecule has 5 rings (SSSR count). The van der Waals surface area contributed by atoms with E-state index in [2.05, 4.69) is 16.3 Å². The van der Waals surface area contributed by atoms with Crippen LogP contribution in [0.25, 0.3) is 33.4 Å². The molecular formula is C28H21N5OS. The van der Waals surface area contributed by atoms with Gasteiger partial charge in [-0.3, -0.25) is 4.79 Å². The molecule has 0 saturated carbocycles. The average molecular weight is 476 g/mol. The maximum absolute atomic E-state index is 13.2. The molecule has 0 aliphatic carbocycles. The maximum Gasteiger partial charge on any atom is 0.210 e. The second kappa shape index (κ2) is 10.3. The van der Waals surface area contributed by atoms with E-state index in [1.165, 1.54) is 11.8 Å². The van der Waals surface area contributed by atoms with Gasteiger partial charge in [0.1, 0.15) is 11.4 Å². The Morgan fingerprint density at radius 3 is 2.23 bits per heavy atom. The molecule has 2 heterocycles. The minimum atomic E-state index is -0.0149. The molecule has 0 aliphatic rings. The van der Waals surface area contributed by atoms with Crippen LogP contribution in [0.1, 0.15) is 16.8 Å². The Kier molecular flexibility index (Phi) is 6.64. The fourth-order valence-electron chi connectivity index (χ4n) is 3.99. The molecule has 0 bridgehead atoms. The largest absolute Gasteiger partial charge is 0.346 e. The highest BCUT2D eigenvalue weighted by Gasteiger charge is 2.18. The number of aryl methyl sites for hydroxylation is 1. The van der Waals surface area contributed by atoms with Crippen LogP contribution >= 0.6 is 11.8 Å². The van der Waals surface area contributed by atoms with E-state index in [0.29, 0.717) is 29.4 Å². The molecule has 2 aromatic heterocycles. The Balaban J connectivity index is 1.43. The standard InChI is InChI=1S/C28H21N5OS/c29-16-9-17-33-18-23(22-14-7-8-15-24(22)33)25(34)19-35-28-30-26(20-10-3-1-4-11-20)27(31-32-28)21-12-5-2-6-13-21/h1-8,10-15,18H,9,17,19H2. The second-order valence-electron chi connectivity index (χ2n) is 7.90. The zero-order valence-electron chi connectivity index (χ0n) is 18.8. The van der Waals surface area contributed by atoms with E-state index < -0.39 is 0 Å². The summed E-state index contributed by atoms with van der Waals surface area (Å²) in [7, 11) is 0. The molecule has 3 aromatic carbocycles. The number of nitriles is 1. The van der Waals surface area contributed by atoms with E-state index >= 15 is 0 Å². The third-order valence-corrected chi connectivity index (χ3v) is 6.49. The van der Waals surface area contributed by atoms with Gasteiger partial charge in [0.25, 0.3) is 0 Å². The number of hydrogen-bond acceptors (Lipinski definition) is 6. The van der Waals surface area contributed by atoms with Gasteiger partial charge in [-0.1, -0.05) is 90.6 Å². The summed E-state index contributed by atoms with van der Waals surface area (Å²) in [5, 5.41) is 19.1. The normalized spacial score (nSPS) is 10.8. The number of carbonyl (C=O) groups is 1. The van der Waals surface area contributed by atoms with Crippen molar-refractivity contribution in [3.8, 4) is 28.6 Å². The van der Waals surface area contributed by atoms with Crippen molar-refractivity contribution >= 4 is 28.4 Å². The lowest BCUT2D eigenvalue weighted by atomic mass is 10.0. The van der Waals surface area contributed by atoms with Crippen molar-refractivity contribution in [2.75, 3.05) is 5.75 Å². The van der Waals surface area contributed by atoms with Crippen LogP contribution in [-0.2, 0) is 6.54 Å². The van der Waals surface area contributed by atoms with E-state index in [0.717, 1.165) is 27.7 Å². The first-order valence-electron chi connectivity index (χ1n) is 11.2. The molecule has 0 fully saturated rings. The first-order valence-corrected chi connectivity index (χ1v) is 12.2. The highest BCUT2D eigenvalue weighted by Crippen LogP contribution is 2.30. The lowest BCUT2D eigenvalue weighted by Crippen LogP contribution is -2.05. The van der Waals surface area contributed by atoms with E-state index in [-0.39, 0.29) is 11.5 Å². The Labute approximate surface area is 207 Å². The van der Waals surface area contributed by atoms with Crippen molar-refractivity contribution in [1.29, 1.82) is 5.26 Å². The topological polar surface area (TPSA) is 84.5 Å². The summed E-state index contributed by atoms with van der Waals surface area (Å²) >= 11 is 1.28.